The summed E-state index contributed by atoms with van der Waals surface area (Å²) in [5.74, 6) is 0.0142. The van der Waals surface area contributed by atoms with E-state index in [1.807, 2.05) is 25.1 Å². The molecule has 1 aliphatic heterocycles. The van der Waals surface area contributed by atoms with E-state index in [0.717, 1.165) is 11.1 Å². The van der Waals surface area contributed by atoms with Crippen LogP contribution in [0.15, 0.2) is 24.3 Å². The summed E-state index contributed by atoms with van der Waals surface area (Å²) in [6.45, 7) is 8.35. The lowest BCUT2D eigenvalue weighted by Gasteiger charge is -2.34. The van der Waals surface area contributed by atoms with Crippen molar-refractivity contribution < 1.29 is 13.2 Å². The van der Waals surface area contributed by atoms with Gasteiger partial charge in [-0.05, 0) is 30.7 Å². The third kappa shape index (κ3) is 4.80. The molecule has 1 heterocycles. The van der Waals surface area contributed by atoms with Crippen LogP contribution in [-0.2, 0) is 14.6 Å². The number of rotatable bonds is 3. The second-order valence-corrected chi connectivity index (χ2v) is 9.95. The normalized spacial score (nSPS) is 20.0. The summed E-state index contributed by atoms with van der Waals surface area (Å²) >= 11 is 0. The van der Waals surface area contributed by atoms with E-state index >= 15 is 0 Å². The number of benzene rings is 1. The van der Waals surface area contributed by atoms with Gasteiger partial charge in [0.05, 0.1) is 17.5 Å². The van der Waals surface area contributed by atoms with Crippen molar-refractivity contribution in [1.29, 1.82) is 0 Å². The Morgan fingerprint density at radius 1 is 1.22 bits per heavy atom. The van der Waals surface area contributed by atoms with E-state index in [9.17, 15) is 13.2 Å². The number of carbonyl (C=O) groups is 1. The topological polar surface area (TPSA) is 63.2 Å². The number of amides is 1. The Kier molecular flexibility index (Phi) is 5.19. The number of carbonyl (C=O) groups excluding carboxylic acids is 1. The first kappa shape index (κ1) is 18.0. The van der Waals surface area contributed by atoms with Gasteiger partial charge in [-0.15, -0.1) is 0 Å². The maximum atomic E-state index is 12.6. The Balaban J connectivity index is 2.14. The van der Waals surface area contributed by atoms with Gasteiger partial charge in [-0.25, -0.2) is 8.42 Å². The first-order valence-electron chi connectivity index (χ1n) is 8.16. The van der Waals surface area contributed by atoms with Crippen LogP contribution >= 0.6 is 0 Å². The predicted molar refractivity (Wildman–Crippen MR) is 92.9 cm³/mol. The highest BCUT2D eigenvalue weighted by Gasteiger charge is 2.33. The van der Waals surface area contributed by atoms with Gasteiger partial charge in [0.1, 0.15) is 9.84 Å². The average molecular weight is 337 g/mol. The second kappa shape index (κ2) is 6.63. The molecule has 1 aliphatic rings. The van der Waals surface area contributed by atoms with Crippen LogP contribution in [0, 0.1) is 18.3 Å². The van der Waals surface area contributed by atoms with E-state index in [4.69, 9.17) is 0 Å². The molecular formula is C18H27NO3S. The minimum Gasteiger partial charge on any atom is -0.349 e. The molecule has 0 radical (unpaired) electrons. The molecule has 0 saturated carbocycles. The zero-order valence-corrected chi connectivity index (χ0v) is 15.2. The van der Waals surface area contributed by atoms with Gasteiger partial charge in [-0.2, -0.15) is 0 Å². The predicted octanol–water partition coefficient (Wildman–Crippen LogP) is 3.02. The zero-order valence-electron chi connectivity index (χ0n) is 14.4. The van der Waals surface area contributed by atoms with E-state index < -0.39 is 9.84 Å². The summed E-state index contributed by atoms with van der Waals surface area (Å²) in [4.78, 5) is 12.6. The van der Waals surface area contributed by atoms with Gasteiger partial charge in [0.25, 0.3) is 0 Å². The summed E-state index contributed by atoms with van der Waals surface area (Å²) in [6.07, 6.45) is 0.859. The van der Waals surface area contributed by atoms with E-state index in [2.05, 4.69) is 32.2 Å². The minimum atomic E-state index is -2.94. The van der Waals surface area contributed by atoms with Crippen molar-refractivity contribution in [2.75, 3.05) is 11.5 Å². The minimum absolute atomic E-state index is 0.0265. The standard InChI is InChI=1S/C18H27NO3S/c1-13-6-5-7-15(12-13)16(18(2,3)4)19-17(20)14-8-10-23(21,22)11-9-14/h5-7,12,14,16H,8-11H2,1-4H3,(H,19,20)/t16-/m0/s1. The molecule has 5 heteroatoms. The lowest BCUT2D eigenvalue weighted by atomic mass is 9.81. The summed E-state index contributed by atoms with van der Waals surface area (Å²) in [6, 6.07) is 8.09. The lowest BCUT2D eigenvalue weighted by molar-refractivity contribution is -0.126. The van der Waals surface area contributed by atoms with E-state index in [-0.39, 0.29) is 34.8 Å². The molecule has 1 fully saturated rings. The van der Waals surface area contributed by atoms with Gasteiger partial charge < -0.3 is 5.32 Å². The molecule has 0 spiro atoms. The molecule has 0 aromatic heterocycles. The van der Waals surface area contributed by atoms with E-state index in [1.54, 1.807) is 0 Å². The molecule has 128 valence electrons. The Morgan fingerprint density at radius 2 is 1.83 bits per heavy atom. The molecule has 1 amide bonds. The molecule has 0 unspecified atom stereocenters. The SMILES string of the molecule is Cc1cccc([C@H](NC(=O)C2CCS(=O)(=O)CC2)C(C)(C)C)c1. The average Bonchev–Trinajstić information content (AvgIpc) is 2.43. The summed E-state index contributed by atoms with van der Waals surface area (Å²) in [5, 5.41) is 3.16. The monoisotopic (exact) mass is 337 g/mol. The van der Waals surface area contributed by atoms with Crippen LogP contribution in [0.25, 0.3) is 0 Å². The Hall–Kier alpha value is -1.36. The van der Waals surface area contributed by atoms with Crippen molar-refractivity contribution in [1.82, 2.24) is 5.32 Å². The van der Waals surface area contributed by atoms with Gasteiger partial charge in [0, 0.05) is 5.92 Å². The van der Waals surface area contributed by atoms with E-state index in [1.165, 1.54) is 0 Å². The second-order valence-electron chi connectivity index (χ2n) is 7.65. The fourth-order valence-corrected chi connectivity index (χ4v) is 4.55. The molecule has 1 aromatic rings. The highest BCUT2D eigenvalue weighted by molar-refractivity contribution is 7.91. The van der Waals surface area contributed by atoms with Crippen LogP contribution in [0.1, 0.15) is 50.8 Å². The summed E-state index contributed by atoms with van der Waals surface area (Å²) in [7, 11) is -2.94. The Labute approximate surface area is 139 Å². The summed E-state index contributed by atoms with van der Waals surface area (Å²) < 4.78 is 23.1. The number of sulfone groups is 1. The Bertz CT molecular complexity index is 660. The van der Waals surface area contributed by atoms with E-state index in [0.29, 0.717) is 12.8 Å². The maximum absolute atomic E-state index is 12.6. The third-order valence-corrected chi connectivity index (χ3v) is 6.17. The number of aryl methyl sites for hydroxylation is 1. The van der Waals surface area contributed by atoms with Crippen LogP contribution in [0.4, 0.5) is 0 Å². The van der Waals surface area contributed by atoms with Gasteiger partial charge in [0.2, 0.25) is 5.91 Å². The van der Waals surface area contributed by atoms with Crippen molar-refractivity contribution in [2.24, 2.45) is 11.3 Å². The van der Waals surface area contributed by atoms with Crippen molar-refractivity contribution in [3.05, 3.63) is 35.4 Å². The highest BCUT2D eigenvalue weighted by atomic mass is 32.2. The molecule has 1 aromatic carbocycles. The maximum Gasteiger partial charge on any atom is 0.223 e. The highest BCUT2D eigenvalue weighted by Crippen LogP contribution is 2.34. The number of nitrogens with one attached hydrogen (secondary N) is 1. The first-order valence-corrected chi connectivity index (χ1v) is 9.98. The van der Waals surface area contributed by atoms with Gasteiger partial charge >= 0.3 is 0 Å². The van der Waals surface area contributed by atoms with Crippen LogP contribution in [-0.4, -0.2) is 25.8 Å². The molecular weight excluding hydrogens is 310 g/mol. The smallest absolute Gasteiger partial charge is 0.223 e. The van der Waals surface area contributed by atoms with Crippen molar-refractivity contribution in [2.45, 2.75) is 46.6 Å². The Morgan fingerprint density at radius 3 is 2.35 bits per heavy atom. The molecule has 0 bridgehead atoms. The molecule has 0 aliphatic carbocycles. The van der Waals surface area contributed by atoms with Crippen molar-refractivity contribution >= 4 is 15.7 Å². The van der Waals surface area contributed by atoms with Crippen LogP contribution < -0.4 is 5.32 Å². The van der Waals surface area contributed by atoms with Gasteiger partial charge in [-0.1, -0.05) is 50.6 Å². The van der Waals surface area contributed by atoms with Crippen LogP contribution in [0.3, 0.4) is 0 Å². The summed E-state index contributed by atoms with van der Waals surface area (Å²) in [5.41, 5.74) is 2.13. The van der Waals surface area contributed by atoms with Gasteiger partial charge in [0.15, 0.2) is 0 Å². The zero-order chi connectivity index (χ0) is 17.3. The molecule has 4 nitrogen and oxygen atoms in total. The molecule has 2 rings (SSSR count). The molecule has 1 atom stereocenters. The molecule has 1 saturated heterocycles. The largest absolute Gasteiger partial charge is 0.349 e. The van der Waals surface area contributed by atoms with Crippen molar-refractivity contribution in [3.63, 3.8) is 0 Å². The molecule has 1 N–H and O–H groups in total. The number of hydrogen-bond donors (Lipinski definition) is 1. The van der Waals surface area contributed by atoms with Crippen LogP contribution in [0.5, 0.6) is 0 Å². The molecule has 23 heavy (non-hydrogen) atoms. The fourth-order valence-electron chi connectivity index (χ4n) is 3.06. The van der Waals surface area contributed by atoms with Crippen LogP contribution in [0.2, 0.25) is 0 Å². The van der Waals surface area contributed by atoms with Crippen molar-refractivity contribution in [3.8, 4) is 0 Å². The quantitative estimate of drug-likeness (QED) is 0.922. The lowest BCUT2D eigenvalue weighted by Crippen LogP contribution is -2.42. The number of hydrogen-bond acceptors (Lipinski definition) is 3. The third-order valence-electron chi connectivity index (χ3n) is 4.45. The fraction of sp³-hybridized carbons (Fsp3) is 0.611. The van der Waals surface area contributed by atoms with Gasteiger partial charge in [-0.3, -0.25) is 4.79 Å². The first-order chi connectivity index (χ1) is 10.6.